The standard InChI is InChI=1S/C13H15ClN2O/c1-9-13(10-5-3-4-6-11(10)14)15-12(7-8-17)16(9)2/h3-6,17H,7-8H2,1-2H3. The molecule has 2 aromatic rings. The molecule has 0 fully saturated rings. The lowest BCUT2D eigenvalue weighted by atomic mass is 10.1. The molecule has 0 aliphatic heterocycles. The molecule has 1 aromatic heterocycles. The highest BCUT2D eigenvalue weighted by Gasteiger charge is 2.14. The summed E-state index contributed by atoms with van der Waals surface area (Å²) in [6, 6.07) is 7.66. The molecule has 4 heteroatoms. The van der Waals surface area contributed by atoms with Gasteiger partial charge < -0.3 is 9.67 Å². The molecule has 2 rings (SSSR count). The Balaban J connectivity index is 2.53. The van der Waals surface area contributed by atoms with E-state index >= 15 is 0 Å². The quantitative estimate of drug-likeness (QED) is 0.909. The van der Waals surface area contributed by atoms with E-state index < -0.39 is 0 Å². The zero-order valence-corrected chi connectivity index (χ0v) is 10.7. The van der Waals surface area contributed by atoms with Crippen LogP contribution in [0.15, 0.2) is 24.3 Å². The summed E-state index contributed by atoms with van der Waals surface area (Å²) in [5.41, 5.74) is 2.88. The van der Waals surface area contributed by atoms with E-state index in [1.54, 1.807) is 0 Å². The third-order valence-electron chi connectivity index (χ3n) is 2.94. The normalized spacial score (nSPS) is 10.8. The lowest BCUT2D eigenvalue weighted by Gasteiger charge is -2.02. The number of aliphatic hydroxyl groups is 1. The molecule has 0 atom stereocenters. The second kappa shape index (κ2) is 4.90. The fourth-order valence-electron chi connectivity index (χ4n) is 1.87. The lowest BCUT2D eigenvalue weighted by molar-refractivity contribution is 0.295. The number of imidazole rings is 1. The number of hydrogen-bond donors (Lipinski definition) is 1. The molecule has 3 nitrogen and oxygen atoms in total. The van der Waals surface area contributed by atoms with Gasteiger partial charge in [-0.25, -0.2) is 4.98 Å². The molecule has 0 aliphatic carbocycles. The largest absolute Gasteiger partial charge is 0.396 e. The highest BCUT2D eigenvalue weighted by molar-refractivity contribution is 6.33. The third kappa shape index (κ3) is 2.21. The maximum absolute atomic E-state index is 8.99. The average Bonchev–Trinajstić information content (AvgIpc) is 2.59. The zero-order chi connectivity index (χ0) is 12.4. The summed E-state index contributed by atoms with van der Waals surface area (Å²) in [7, 11) is 1.95. The van der Waals surface area contributed by atoms with Gasteiger partial charge in [0.2, 0.25) is 0 Å². The lowest BCUT2D eigenvalue weighted by Crippen LogP contribution is -2.01. The van der Waals surface area contributed by atoms with Crippen LogP contribution in [0.25, 0.3) is 11.3 Å². The van der Waals surface area contributed by atoms with E-state index in [-0.39, 0.29) is 6.61 Å². The van der Waals surface area contributed by atoms with Gasteiger partial charge in [0.05, 0.1) is 17.3 Å². The van der Waals surface area contributed by atoms with Crippen molar-refractivity contribution < 1.29 is 5.11 Å². The van der Waals surface area contributed by atoms with Crippen LogP contribution < -0.4 is 0 Å². The molecule has 0 aliphatic rings. The van der Waals surface area contributed by atoms with Crippen LogP contribution in [0.1, 0.15) is 11.5 Å². The summed E-state index contributed by atoms with van der Waals surface area (Å²) in [6.07, 6.45) is 0.557. The summed E-state index contributed by atoms with van der Waals surface area (Å²) in [5.74, 6) is 0.875. The van der Waals surface area contributed by atoms with Gasteiger partial charge in [0.25, 0.3) is 0 Å². The number of hydrogen-bond acceptors (Lipinski definition) is 2. The van der Waals surface area contributed by atoms with E-state index in [4.69, 9.17) is 16.7 Å². The van der Waals surface area contributed by atoms with Gasteiger partial charge in [0.15, 0.2) is 0 Å². The summed E-state index contributed by atoms with van der Waals surface area (Å²) in [6.45, 7) is 2.11. The summed E-state index contributed by atoms with van der Waals surface area (Å²) in [5, 5.41) is 9.69. The van der Waals surface area contributed by atoms with Crippen LogP contribution in [-0.2, 0) is 13.5 Å². The van der Waals surface area contributed by atoms with Gasteiger partial charge in [0.1, 0.15) is 5.82 Å². The van der Waals surface area contributed by atoms with Gasteiger partial charge in [-0.2, -0.15) is 0 Å². The Hall–Kier alpha value is -1.32. The molecule has 0 spiro atoms. The second-order valence-corrected chi connectivity index (χ2v) is 4.38. The molecule has 1 N–H and O–H groups in total. The number of halogens is 1. The van der Waals surface area contributed by atoms with Gasteiger partial charge in [-0.1, -0.05) is 29.8 Å². The number of rotatable bonds is 3. The van der Waals surface area contributed by atoms with Gasteiger partial charge in [-0.3, -0.25) is 0 Å². The number of aromatic nitrogens is 2. The fourth-order valence-corrected chi connectivity index (χ4v) is 2.09. The van der Waals surface area contributed by atoms with Gasteiger partial charge >= 0.3 is 0 Å². The van der Waals surface area contributed by atoms with Crippen LogP contribution >= 0.6 is 11.6 Å². The van der Waals surface area contributed by atoms with E-state index in [0.717, 1.165) is 22.8 Å². The van der Waals surface area contributed by atoms with Gasteiger partial charge in [0, 0.05) is 24.7 Å². The molecular weight excluding hydrogens is 236 g/mol. The van der Waals surface area contributed by atoms with Crippen LogP contribution in [0, 0.1) is 6.92 Å². The van der Waals surface area contributed by atoms with E-state index in [9.17, 15) is 0 Å². The van der Waals surface area contributed by atoms with Crippen molar-refractivity contribution in [2.45, 2.75) is 13.3 Å². The Morgan fingerprint density at radius 1 is 1.35 bits per heavy atom. The molecule has 0 saturated heterocycles. The Kier molecular flexibility index (Phi) is 3.50. The molecule has 0 saturated carbocycles. The third-order valence-corrected chi connectivity index (χ3v) is 3.27. The highest BCUT2D eigenvalue weighted by atomic mass is 35.5. The Morgan fingerprint density at radius 2 is 2.06 bits per heavy atom. The molecule has 0 amide bonds. The molecule has 0 bridgehead atoms. The summed E-state index contributed by atoms with van der Waals surface area (Å²) >= 11 is 6.17. The second-order valence-electron chi connectivity index (χ2n) is 3.97. The van der Waals surface area contributed by atoms with Crippen molar-refractivity contribution in [1.29, 1.82) is 0 Å². The number of nitrogens with zero attached hydrogens (tertiary/aromatic N) is 2. The summed E-state index contributed by atoms with van der Waals surface area (Å²) < 4.78 is 1.99. The van der Waals surface area contributed by atoms with Crippen molar-refractivity contribution in [2.24, 2.45) is 7.05 Å². The minimum absolute atomic E-state index is 0.103. The highest BCUT2D eigenvalue weighted by Crippen LogP contribution is 2.29. The minimum atomic E-state index is 0.103. The van der Waals surface area contributed by atoms with Crippen molar-refractivity contribution in [3.8, 4) is 11.3 Å². The monoisotopic (exact) mass is 250 g/mol. The molecule has 0 unspecified atom stereocenters. The van der Waals surface area contributed by atoms with Crippen molar-refractivity contribution in [3.05, 3.63) is 40.8 Å². The van der Waals surface area contributed by atoms with E-state index in [2.05, 4.69) is 4.98 Å². The van der Waals surface area contributed by atoms with E-state index in [0.29, 0.717) is 11.4 Å². The van der Waals surface area contributed by atoms with Crippen molar-refractivity contribution in [3.63, 3.8) is 0 Å². The molecule has 1 heterocycles. The SMILES string of the molecule is Cc1c(-c2ccccc2Cl)nc(CCO)n1C. The Labute approximate surface area is 106 Å². The molecular formula is C13H15ClN2O. The minimum Gasteiger partial charge on any atom is -0.396 e. The van der Waals surface area contributed by atoms with Crippen molar-refractivity contribution in [2.75, 3.05) is 6.61 Å². The predicted molar refractivity (Wildman–Crippen MR) is 69.2 cm³/mol. The topological polar surface area (TPSA) is 38.1 Å². The average molecular weight is 251 g/mol. The first-order valence-electron chi connectivity index (χ1n) is 5.53. The molecule has 1 aromatic carbocycles. The maximum atomic E-state index is 8.99. The van der Waals surface area contributed by atoms with E-state index in [1.807, 2.05) is 42.8 Å². The smallest absolute Gasteiger partial charge is 0.111 e. The van der Waals surface area contributed by atoms with Gasteiger partial charge in [-0.05, 0) is 13.0 Å². The van der Waals surface area contributed by atoms with Crippen molar-refractivity contribution >= 4 is 11.6 Å². The van der Waals surface area contributed by atoms with Crippen LogP contribution in [0.5, 0.6) is 0 Å². The first-order chi connectivity index (χ1) is 8.15. The van der Waals surface area contributed by atoms with E-state index in [1.165, 1.54) is 0 Å². The van der Waals surface area contributed by atoms with Crippen molar-refractivity contribution in [1.82, 2.24) is 9.55 Å². The van der Waals surface area contributed by atoms with Crippen LogP contribution in [0.3, 0.4) is 0 Å². The van der Waals surface area contributed by atoms with Crippen LogP contribution in [0.2, 0.25) is 5.02 Å². The van der Waals surface area contributed by atoms with Crippen LogP contribution in [0.4, 0.5) is 0 Å². The van der Waals surface area contributed by atoms with Crippen LogP contribution in [-0.4, -0.2) is 21.3 Å². The first-order valence-corrected chi connectivity index (χ1v) is 5.91. The molecule has 0 radical (unpaired) electrons. The molecule has 90 valence electrons. The first kappa shape index (κ1) is 12.1. The zero-order valence-electron chi connectivity index (χ0n) is 9.94. The Bertz CT molecular complexity index is 534. The molecule has 17 heavy (non-hydrogen) atoms. The predicted octanol–water partition coefficient (Wildman–Crippen LogP) is 2.58. The fraction of sp³-hybridized carbons (Fsp3) is 0.308. The Morgan fingerprint density at radius 3 is 2.71 bits per heavy atom. The van der Waals surface area contributed by atoms with Gasteiger partial charge in [-0.15, -0.1) is 0 Å². The number of benzene rings is 1. The summed E-state index contributed by atoms with van der Waals surface area (Å²) in [4.78, 5) is 4.55. The maximum Gasteiger partial charge on any atom is 0.111 e. The number of aliphatic hydroxyl groups excluding tert-OH is 1.